The number of hydrogen-bond acceptors (Lipinski definition) is 2. The lowest BCUT2D eigenvalue weighted by molar-refractivity contribution is 0.564. The van der Waals surface area contributed by atoms with Gasteiger partial charge in [-0.2, -0.15) is 0 Å². The van der Waals surface area contributed by atoms with Crippen LogP contribution in [0.2, 0.25) is 0 Å². The van der Waals surface area contributed by atoms with Crippen LogP contribution >= 0.6 is 0 Å². The Morgan fingerprint density at radius 2 is 1.21 bits per heavy atom. The van der Waals surface area contributed by atoms with Gasteiger partial charge >= 0.3 is 0 Å². The maximum atomic E-state index is 3.48. The van der Waals surface area contributed by atoms with Gasteiger partial charge in [0.05, 0.1) is 0 Å². The molecule has 0 radical (unpaired) electrons. The van der Waals surface area contributed by atoms with Gasteiger partial charge in [-0.3, -0.25) is 0 Å². The Kier molecular flexibility index (Phi) is 12.8. The van der Waals surface area contributed by atoms with Crippen LogP contribution in [0.4, 0.5) is 0 Å². The van der Waals surface area contributed by atoms with E-state index in [1.807, 2.05) is 0 Å². The zero-order valence-electron chi connectivity index (χ0n) is 10.1. The summed E-state index contributed by atoms with van der Waals surface area (Å²) >= 11 is 0. The van der Waals surface area contributed by atoms with E-state index in [-0.39, 0.29) is 0 Å². The Balaban J connectivity index is 2.78. The van der Waals surface area contributed by atoms with Gasteiger partial charge in [0.2, 0.25) is 0 Å². The second-order valence-corrected chi connectivity index (χ2v) is 3.91. The van der Waals surface area contributed by atoms with Gasteiger partial charge in [-0.05, 0) is 45.4 Å². The Hall–Kier alpha value is -0.0800. The first-order chi connectivity index (χ1) is 6.91. The fourth-order valence-corrected chi connectivity index (χ4v) is 1.44. The molecule has 0 bridgehead atoms. The molecule has 86 valence electrons. The highest BCUT2D eigenvalue weighted by Gasteiger charge is 1.89. The predicted octanol–water partition coefficient (Wildman–Crippen LogP) is 2.55. The third-order valence-corrected chi connectivity index (χ3v) is 2.34. The third kappa shape index (κ3) is 11.9. The van der Waals surface area contributed by atoms with Crippen LogP contribution in [-0.4, -0.2) is 26.2 Å². The van der Waals surface area contributed by atoms with Gasteiger partial charge in [0.25, 0.3) is 0 Å². The molecule has 2 N–H and O–H groups in total. The molecule has 0 amide bonds. The van der Waals surface area contributed by atoms with Crippen molar-refractivity contribution in [2.45, 2.75) is 52.4 Å². The molecular weight excluding hydrogens is 172 g/mol. The van der Waals surface area contributed by atoms with Crippen LogP contribution in [0, 0.1) is 0 Å². The van der Waals surface area contributed by atoms with Crippen molar-refractivity contribution in [2.75, 3.05) is 26.2 Å². The first-order valence-corrected chi connectivity index (χ1v) is 6.33. The third-order valence-electron chi connectivity index (χ3n) is 2.34. The topological polar surface area (TPSA) is 24.1 Å². The largest absolute Gasteiger partial charge is 0.317 e. The molecular formula is C12H28N2. The summed E-state index contributed by atoms with van der Waals surface area (Å²) in [6.07, 6.45) is 7.95. The molecule has 0 unspecified atom stereocenters. The van der Waals surface area contributed by atoms with Crippen molar-refractivity contribution in [3.05, 3.63) is 0 Å². The van der Waals surface area contributed by atoms with Crippen molar-refractivity contribution < 1.29 is 0 Å². The van der Waals surface area contributed by atoms with Gasteiger partial charge in [0, 0.05) is 0 Å². The average molecular weight is 200 g/mol. The highest BCUT2D eigenvalue weighted by Crippen LogP contribution is 1.96. The monoisotopic (exact) mass is 200 g/mol. The van der Waals surface area contributed by atoms with Crippen molar-refractivity contribution in [3.63, 3.8) is 0 Å². The van der Waals surface area contributed by atoms with Crippen LogP contribution in [0.5, 0.6) is 0 Å². The normalized spacial score (nSPS) is 10.7. The molecule has 0 aromatic rings. The van der Waals surface area contributed by atoms with Gasteiger partial charge in [0.15, 0.2) is 0 Å². The Morgan fingerprint density at radius 1 is 0.571 bits per heavy atom. The van der Waals surface area contributed by atoms with Crippen molar-refractivity contribution in [3.8, 4) is 0 Å². The van der Waals surface area contributed by atoms with E-state index in [0.717, 1.165) is 13.1 Å². The lowest BCUT2D eigenvalue weighted by Crippen LogP contribution is -2.23. The Morgan fingerprint density at radius 3 is 1.86 bits per heavy atom. The van der Waals surface area contributed by atoms with Gasteiger partial charge in [-0.25, -0.2) is 0 Å². The minimum atomic E-state index is 1.16. The molecule has 0 aliphatic carbocycles. The highest BCUT2D eigenvalue weighted by molar-refractivity contribution is 4.52. The quantitative estimate of drug-likeness (QED) is 0.501. The van der Waals surface area contributed by atoms with Crippen LogP contribution in [0.25, 0.3) is 0 Å². The van der Waals surface area contributed by atoms with Crippen LogP contribution in [0.1, 0.15) is 52.4 Å². The van der Waals surface area contributed by atoms with E-state index in [9.17, 15) is 0 Å². The summed E-state index contributed by atoms with van der Waals surface area (Å²) in [5.74, 6) is 0. The fourth-order valence-electron chi connectivity index (χ4n) is 1.44. The number of hydrogen-bond donors (Lipinski definition) is 2. The minimum absolute atomic E-state index is 1.16. The second-order valence-electron chi connectivity index (χ2n) is 3.91. The highest BCUT2D eigenvalue weighted by atomic mass is 14.9. The summed E-state index contributed by atoms with van der Waals surface area (Å²) in [6, 6.07) is 0. The SMILES string of the molecule is CCCCCCNCCCNCCC. The second kappa shape index (κ2) is 12.9. The first kappa shape index (κ1) is 13.9. The molecule has 0 aromatic carbocycles. The molecule has 0 saturated heterocycles. The van der Waals surface area contributed by atoms with E-state index in [0.29, 0.717) is 0 Å². The summed E-state index contributed by atoms with van der Waals surface area (Å²) in [6.45, 7) is 9.16. The average Bonchev–Trinajstić information content (AvgIpc) is 2.21. The van der Waals surface area contributed by atoms with E-state index in [2.05, 4.69) is 24.5 Å². The molecule has 0 aliphatic heterocycles. The first-order valence-electron chi connectivity index (χ1n) is 6.33. The zero-order chi connectivity index (χ0) is 10.5. The van der Waals surface area contributed by atoms with E-state index >= 15 is 0 Å². The van der Waals surface area contributed by atoms with Crippen LogP contribution in [0.3, 0.4) is 0 Å². The summed E-state index contributed by atoms with van der Waals surface area (Å²) in [5, 5.41) is 6.89. The van der Waals surface area contributed by atoms with Gasteiger partial charge in [-0.15, -0.1) is 0 Å². The lowest BCUT2D eigenvalue weighted by atomic mass is 10.2. The number of nitrogens with one attached hydrogen (secondary N) is 2. The summed E-state index contributed by atoms with van der Waals surface area (Å²) < 4.78 is 0. The van der Waals surface area contributed by atoms with Crippen LogP contribution in [-0.2, 0) is 0 Å². The minimum Gasteiger partial charge on any atom is -0.317 e. The lowest BCUT2D eigenvalue weighted by Gasteiger charge is -2.05. The molecule has 0 aliphatic rings. The van der Waals surface area contributed by atoms with E-state index in [1.165, 1.54) is 51.6 Å². The molecule has 0 saturated carbocycles. The summed E-state index contributed by atoms with van der Waals surface area (Å²) in [5.41, 5.74) is 0. The number of rotatable bonds is 11. The molecule has 0 aromatic heterocycles. The Labute approximate surface area is 89.9 Å². The van der Waals surface area contributed by atoms with Crippen molar-refractivity contribution in [1.82, 2.24) is 10.6 Å². The van der Waals surface area contributed by atoms with E-state index < -0.39 is 0 Å². The number of unbranched alkanes of at least 4 members (excludes halogenated alkanes) is 3. The van der Waals surface area contributed by atoms with Crippen molar-refractivity contribution >= 4 is 0 Å². The van der Waals surface area contributed by atoms with Crippen molar-refractivity contribution in [2.24, 2.45) is 0 Å². The molecule has 2 nitrogen and oxygen atoms in total. The summed E-state index contributed by atoms with van der Waals surface area (Å²) in [7, 11) is 0. The van der Waals surface area contributed by atoms with Crippen LogP contribution in [0.15, 0.2) is 0 Å². The van der Waals surface area contributed by atoms with E-state index in [4.69, 9.17) is 0 Å². The van der Waals surface area contributed by atoms with Crippen molar-refractivity contribution in [1.29, 1.82) is 0 Å². The summed E-state index contributed by atoms with van der Waals surface area (Å²) in [4.78, 5) is 0. The van der Waals surface area contributed by atoms with Gasteiger partial charge < -0.3 is 10.6 Å². The van der Waals surface area contributed by atoms with Crippen LogP contribution < -0.4 is 10.6 Å². The van der Waals surface area contributed by atoms with E-state index in [1.54, 1.807) is 0 Å². The standard InChI is InChI=1S/C12H28N2/c1-3-5-6-7-10-14-12-8-11-13-9-4-2/h13-14H,3-12H2,1-2H3. The molecule has 0 rings (SSSR count). The fraction of sp³-hybridized carbons (Fsp3) is 1.00. The van der Waals surface area contributed by atoms with Gasteiger partial charge in [-0.1, -0.05) is 33.1 Å². The maximum Gasteiger partial charge on any atom is -0.00368 e. The predicted molar refractivity (Wildman–Crippen MR) is 64.8 cm³/mol. The molecule has 0 heterocycles. The smallest absolute Gasteiger partial charge is 0.00368 e. The Bertz CT molecular complexity index is 82.3. The molecule has 14 heavy (non-hydrogen) atoms. The molecule has 0 atom stereocenters. The molecule has 0 spiro atoms. The maximum absolute atomic E-state index is 3.48. The zero-order valence-corrected chi connectivity index (χ0v) is 10.1. The molecule has 0 fully saturated rings. The molecule has 2 heteroatoms. The van der Waals surface area contributed by atoms with Gasteiger partial charge in [0.1, 0.15) is 0 Å².